The van der Waals surface area contributed by atoms with Gasteiger partial charge in [0.05, 0.1) is 5.56 Å². The van der Waals surface area contributed by atoms with E-state index in [0.29, 0.717) is 17.7 Å². The van der Waals surface area contributed by atoms with Crippen LogP contribution in [0.1, 0.15) is 40.5 Å². The van der Waals surface area contributed by atoms with Crippen molar-refractivity contribution in [2.75, 3.05) is 11.9 Å². The minimum Gasteiger partial charge on any atom is -0.454 e. The summed E-state index contributed by atoms with van der Waals surface area (Å²) in [6.45, 7) is 1.51. The maximum absolute atomic E-state index is 12.1. The SMILES string of the molecule is CCCC(=O)Nc1ccc(C(=O)COC(=O)c2cccnc2Cl)cc1. The van der Waals surface area contributed by atoms with Gasteiger partial charge in [-0.15, -0.1) is 0 Å². The van der Waals surface area contributed by atoms with E-state index < -0.39 is 12.6 Å². The van der Waals surface area contributed by atoms with E-state index in [1.165, 1.54) is 12.3 Å². The van der Waals surface area contributed by atoms with E-state index >= 15 is 0 Å². The lowest BCUT2D eigenvalue weighted by molar-refractivity contribution is -0.116. The number of hydrogen-bond donors (Lipinski definition) is 1. The minimum absolute atomic E-state index is 0.0205. The van der Waals surface area contributed by atoms with Crippen molar-refractivity contribution < 1.29 is 19.1 Å². The highest BCUT2D eigenvalue weighted by molar-refractivity contribution is 6.32. The average Bonchev–Trinajstić information content (AvgIpc) is 2.60. The Kier molecular flexibility index (Phi) is 6.65. The van der Waals surface area contributed by atoms with E-state index in [1.54, 1.807) is 30.3 Å². The summed E-state index contributed by atoms with van der Waals surface area (Å²) < 4.78 is 4.97. The third-order valence-corrected chi connectivity index (χ3v) is 3.58. The lowest BCUT2D eigenvalue weighted by Crippen LogP contribution is -2.15. The number of ketones is 1. The molecule has 0 aliphatic heterocycles. The molecule has 0 bridgehead atoms. The van der Waals surface area contributed by atoms with Gasteiger partial charge in [-0.3, -0.25) is 9.59 Å². The van der Waals surface area contributed by atoms with Gasteiger partial charge in [0.25, 0.3) is 0 Å². The summed E-state index contributed by atoms with van der Waals surface area (Å²) in [4.78, 5) is 39.3. The Morgan fingerprint density at radius 1 is 1.16 bits per heavy atom. The van der Waals surface area contributed by atoms with Crippen molar-refractivity contribution in [3.8, 4) is 0 Å². The van der Waals surface area contributed by atoms with Gasteiger partial charge in [0.1, 0.15) is 5.15 Å². The fourth-order valence-electron chi connectivity index (χ4n) is 2.02. The highest BCUT2D eigenvalue weighted by Gasteiger charge is 2.15. The molecule has 1 aromatic carbocycles. The van der Waals surface area contributed by atoms with E-state index in [9.17, 15) is 14.4 Å². The van der Waals surface area contributed by atoms with E-state index in [1.807, 2.05) is 6.92 Å². The summed E-state index contributed by atoms with van der Waals surface area (Å²) in [5, 5.41) is 2.75. The summed E-state index contributed by atoms with van der Waals surface area (Å²) in [5.41, 5.74) is 1.08. The lowest BCUT2D eigenvalue weighted by Gasteiger charge is -2.07. The molecule has 0 saturated heterocycles. The Bertz CT molecular complexity index is 775. The van der Waals surface area contributed by atoms with Gasteiger partial charge in [0, 0.05) is 23.9 Å². The zero-order valence-electron chi connectivity index (χ0n) is 13.6. The molecule has 0 saturated carbocycles. The van der Waals surface area contributed by atoms with Crippen molar-refractivity contribution in [2.24, 2.45) is 0 Å². The van der Waals surface area contributed by atoms with Crippen LogP contribution in [0.2, 0.25) is 5.15 Å². The van der Waals surface area contributed by atoms with Gasteiger partial charge in [-0.2, -0.15) is 0 Å². The Hall–Kier alpha value is -2.73. The second-order valence-corrected chi connectivity index (χ2v) is 5.57. The Morgan fingerprint density at radius 2 is 1.88 bits per heavy atom. The van der Waals surface area contributed by atoms with Gasteiger partial charge in [0.2, 0.25) is 5.91 Å². The van der Waals surface area contributed by atoms with Crippen LogP contribution in [0.25, 0.3) is 0 Å². The number of anilines is 1. The molecule has 1 aromatic heterocycles. The summed E-state index contributed by atoms with van der Waals surface area (Å²) in [7, 11) is 0. The Labute approximate surface area is 150 Å². The molecule has 25 heavy (non-hydrogen) atoms. The number of ether oxygens (including phenoxy) is 1. The quantitative estimate of drug-likeness (QED) is 0.464. The third-order valence-electron chi connectivity index (χ3n) is 3.28. The number of pyridine rings is 1. The van der Waals surface area contributed by atoms with Crippen molar-refractivity contribution in [1.82, 2.24) is 4.98 Å². The van der Waals surface area contributed by atoms with E-state index in [4.69, 9.17) is 16.3 Å². The van der Waals surface area contributed by atoms with Gasteiger partial charge >= 0.3 is 5.97 Å². The van der Waals surface area contributed by atoms with Crippen LogP contribution in [0.3, 0.4) is 0 Å². The van der Waals surface area contributed by atoms with Gasteiger partial charge in [0.15, 0.2) is 12.4 Å². The molecule has 7 heteroatoms. The maximum atomic E-state index is 12.1. The molecule has 130 valence electrons. The molecule has 2 rings (SSSR count). The molecule has 0 aliphatic rings. The summed E-state index contributed by atoms with van der Waals surface area (Å²) in [5.74, 6) is -1.15. The first-order valence-electron chi connectivity index (χ1n) is 7.72. The largest absolute Gasteiger partial charge is 0.454 e. The van der Waals surface area contributed by atoms with E-state index in [-0.39, 0.29) is 22.4 Å². The first-order valence-corrected chi connectivity index (χ1v) is 8.09. The van der Waals surface area contributed by atoms with Crippen LogP contribution in [0.5, 0.6) is 0 Å². The zero-order valence-corrected chi connectivity index (χ0v) is 14.4. The van der Waals surface area contributed by atoms with Crippen LogP contribution in [0.4, 0.5) is 5.69 Å². The minimum atomic E-state index is -0.713. The molecular weight excluding hydrogens is 344 g/mol. The number of carbonyl (C=O) groups is 3. The normalized spacial score (nSPS) is 10.2. The van der Waals surface area contributed by atoms with Crippen molar-refractivity contribution in [1.29, 1.82) is 0 Å². The van der Waals surface area contributed by atoms with E-state index in [0.717, 1.165) is 6.42 Å². The smallest absolute Gasteiger partial charge is 0.341 e. The number of aromatic nitrogens is 1. The number of esters is 1. The predicted molar refractivity (Wildman–Crippen MR) is 93.8 cm³/mol. The highest BCUT2D eigenvalue weighted by atomic mass is 35.5. The summed E-state index contributed by atoms with van der Waals surface area (Å²) >= 11 is 5.80. The average molecular weight is 361 g/mol. The van der Waals surface area contributed by atoms with Crippen molar-refractivity contribution in [3.05, 3.63) is 58.9 Å². The van der Waals surface area contributed by atoms with Crippen molar-refractivity contribution in [3.63, 3.8) is 0 Å². The molecule has 2 aromatic rings. The van der Waals surface area contributed by atoms with Crippen LogP contribution in [-0.4, -0.2) is 29.3 Å². The molecular formula is C18H17ClN2O4. The van der Waals surface area contributed by atoms with E-state index in [2.05, 4.69) is 10.3 Å². The van der Waals surface area contributed by atoms with Crippen LogP contribution in [-0.2, 0) is 9.53 Å². The van der Waals surface area contributed by atoms with Gasteiger partial charge < -0.3 is 10.1 Å². The van der Waals surface area contributed by atoms with Crippen LogP contribution < -0.4 is 5.32 Å². The molecule has 1 N–H and O–H groups in total. The second-order valence-electron chi connectivity index (χ2n) is 5.22. The van der Waals surface area contributed by atoms with Crippen LogP contribution in [0.15, 0.2) is 42.6 Å². The summed E-state index contributed by atoms with van der Waals surface area (Å²) in [6.07, 6.45) is 2.65. The fourth-order valence-corrected chi connectivity index (χ4v) is 2.22. The first-order chi connectivity index (χ1) is 12.0. The molecule has 6 nitrogen and oxygen atoms in total. The number of hydrogen-bond acceptors (Lipinski definition) is 5. The monoisotopic (exact) mass is 360 g/mol. The van der Waals surface area contributed by atoms with Crippen LogP contribution >= 0.6 is 11.6 Å². The van der Waals surface area contributed by atoms with Crippen molar-refractivity contribution in [2.45, 2.75) is 19.8 Å². The first kappa shape index (κ1) is 18.6. The Balaban J connectivity index is 1.91. The predicted octanol–water partition coefficient (Wildman–Crippen LogP) is 3.51. The lowest BCUT2D eigenvalue weighted by atomic mass is 10.1. The second kappa shape index (κ2) is 8.94. The number of nitrogens with one attached hydrogen (secondary N) is 1. The fraction of sp³-hybridized carbons (Fsp3) is 0.222. The van der Waals surface area contributed by atoms with Crippen molar-refractivity contribution >= 4 is 34.9 Å². The topological polar surface area (TPSA) is 85.4 Å². The Morgan fingerprint density at radius 3 is 2.52 bits per heavy atom. The zero-order chi connectivity index (χ0) is 18.2. The number of Topliss-reactive ketones (excluding diaryl/α,β-unsaturated/α-hetero) is 1. The highest BCUT2D eigenvalue weighted by Crippen LogP contribution is 2.14. The molecule has 1 amide bonds. The maximum Gasteiger partial charge on any atom is 0.341 e. The number of carbonyl (C=O) groups excluding carboxylic acids is 3. The van der Waals surface area contributed by atoms with Gasteiger partial charge in [-0.1, -0.05) is 18.5 Å². The number of benzene rings is 1. The molecule has 0 aliphatic carbocycles. The number of nitrogens with zero attached hydrogens (tertiary/aromatic N) is 1. The van der Waals surface area contributed by atoms with Crippen LogP contribution in [0, 0.1) is 0 Å². The number of rotatable bonds is 7. The number of amides is 1. The third kappa shape index (κ3) is 5.39. The molecule has 0 unspecified atom stereocenters. The standard InChI is InChI=1S/C18H17ClN2O4/c1-2-4-16(23)21-13-8-6-12(7-9-13)15(22)11-25-18(24)14-5-3-10-20-17(14)19/h3,5-10H,2,4,11H2,1H3,(H,21,23). The molecule has 0 spiro atoms. The summed E-state index contributed by atoms with van der Waals surface area (Å²) in [6, 6.07) is 9.40. The molecule has 0 radical (unpaired) electrons. The van der Waals surface area contributed by atoms with Gasteiger partial charge in [-0.05, 0) is 42.8 Å². The van der Waals surface area contributed by atoms with Gasteiger partial charge in [-0.25, -0.2) is 9.78 Å². The number of halogens is 1. The molecule has 0 atom stereocenters. The molecule has 1 heterocycles. The molecule has 0 fully saturated rings.